The van der Waals surface area contributed by atoms with Crippen molar-refractivity contribution in [3.8, 4) is 0 Å². The van der Waals surface area contributed by atoms with E-state index in [4.69, 9.17) is 11.6 Å². The minimum Gasteiger partial charge on any atom is -0.373 e. The van der Waals surface area contributed by atoms with Gasteiger partial charge in [0.15, 0.2) is 0 Å². The molecule has 0 heterocycles. The van der Waals surface area contributed by atoms with Gasteiger partial charge in [0.1, 0.15) is 5.82 Å². The number of amides is 1. The topological polar surface area (TPSA) is 32.3 Å². The Kier molecular flexibility index (Phi) is 5.17. The van der Waals surface area contributed by atoms with E-state index in [1.54, 1.807) is 0 Å². The first-order chi connectivity index (χ1) is 10.1. The monoisotopic (exact) mass is 306 g/mol. The lowest BCUT2D eigenvalue weighted by molar-refractivity contribution is 0.0955. The molecule has 21 heavy (non-hydrogen) atoms. The Hall–Kier alpha value is -2.07. The molecule has 0 unspecified atom stereocenters. The SMILES string of the molecule is CN(CCNC(=O)c1ccc(F)cc1Cl)c1ccccc1. The van der Waals surface area contributed by atoms with E-state index in [-0.39, 0.29) is 16.5 Å². The third-order valence-corrected chi connectivity index (χ3v) is 3.42. The summed E-state index contributed by atoms with van der Waals surface area (Å²) in [6, 6.07) is 13.6. The van der Waals surface area contributed by atoms with E-state index < -0.39 is 5.82 Å². The standard InChI is InChI=1S/C16H16ClFN2O/c1-20(13-5-3-2-4-6-13)10-9-19-16(21)14-8-7-12(18)11-15(14)17/h2-8,11H,9-10H2,1H3,(H,19,21). The van der Waals surface area contributed by atoms with Crippen LogP contribution in [-0.4, -0.2) is 26.0 Å². The van der Waals surface area contributed by atoms with Crippen LogP contribution in [0.15, 0.2) is 48.5 Å². The Morgan fingerprint density at radius 2 is 1.95 bits per heavy atom. The Balaban J connectivity index is 1.87. The number of nitrogens with zero attached hydrogens (tertiary/aromatic N) is 1. The van der Waals surface area contributed by atoms with Gasteiger partial charge < -0.3 is 10.2 Å². The molecule has 0 aliphatic rings. The first kappa shape index (κ1) is 15.3. The molecule has 2 rings (SSSR count). The summed E-state index contributed by atoms with van der Waals surface area (Å²) in [6.07, 6.45) is 0. The summed E-state index contributed by atoms with van der Waals surface area (Å²) in [6.45, 7) is 1.13. The first-order valence-electron chi connectivity index (χ1n) is 6.57. The number of hydrogen-bond acceptors (Lipinski definition) is 2. The molecule has 0 aromatic heterocycles. The molecule has 0 saturated carbocycles. The average molecular weight is 307 g/mol. The lowest BCUT2D eigenvalue weighted by Gasteiger charge is -2.19. The van der Waals surface area contributed by atoms with Gasteiger partial charge in [0, 0.05) is 25.8 Å². The van der Waals surface area contributed by atoms with E-state index in [2.05, 4.69) is 5.32 Å². The fourth-order valence-corrected chi connectivity index (χ4v) is 2.17. The van der Waals surface area contributed by atoms with E-state index in [0.29, 0.717) is 13.1 Å². The molecule has 2 aromatic rings. The van der Waals surface area contributed by atoms with Crippen LogP contribution in [0.3, 0.4) is 0 Å². The predicted molar refractivity (Wildman–Crippen MR) is 83.5 cm³/mol. The molecule has 0 fully saturated rings. The highest BCUT2D eigenvalue weighted by Gasteiger charge is 2.10. The van der Waals surface area contributed by atoms with Crippen LogP contribution in [0.2, 0.25) is 5.02 Å². The van der Waals surface area contributed by atoms with Gasteiger partial charge in [-0.2, -0.15) is 0 Å². The summed E-state index contributed by atoms with van der Waals surface area (Å²) < 4.78 is 12.9. The number of nitrogens with one attached hydrogen (secondary N) is 1. The van der Waals surface area contributed by atoms with E-state index in [0.717, 1.165) is 11.8 Å². The third kappa shape index (κ3) is 4.20. The highest BCUT2D eigenvalue weighted by atomic mass is 35.5. The van der Waals surface area contributed by atoms with Crippen molar-refractivity contribution >= 4 is 23.2 Å². The van der Waals surface area contributed by atoms with Crippen molar-refractivity contribution in [3.63, 3.8) is 0 Å². The molecule has 5 heteroatoms. The van der Waals surface area contributed by atoms with Gasteiger partial charge in [0.25, 0.3) is 5.91 Å². The van der Waals surface area contributed by atoms with E-state index in [1.807, 2.05) is 42.3 Å². The Bertz CT molecular complexity index is 619. The molecule has 0 aliphatic heterocycles. The molecule has 1 amide bonds. The number of halogens is 2. The summed E-state index contributed by atoms with van der Waals surface area (Å²) in [5, 5.41) is 2.89. The van der Waals surface area contributed by atoms with Gasteiger partial charge in [-0.3, -0.25) is 4.79 Å². The molecule has 0 radical (unpaired) electrons. The van der Waals surface area contributed by atoms with Crippen molar-refractivity contribution in [1.82, 2.24) is 5.32 Å². The van der Waals surface area contributed by atoms with Crippen molar-refractivity contribution in [3.05, 3.63) is 64.9 Å². The number of likely N-dealkylation sites (N-methyl/N-ethyl adjacent to an activating group) is 1. The van der Waals surface area contributed by atoms with Gasteiger partial charge in [-0.15, -0.1) is 0 Å². The normalized spacial score (nSPS) is 10.2. The molecule has 0 bridgehead atoms. The molecule has 0 spiro atoms. The number of carbonyl (C=O) groups is 1. The molecular weight excluding hydrogens is 291 g/mol. The number of carbonyl (C=O) groups excluding carboxylic acids is 1. The molecule has 1 N–H and O–H groups in total. The Labute approximate surface area is 128 Å². The molecular formula is C16H16ClFN2O. The second kappa shape index (κ2) is 7.09. The highest BCUT2D eigenvalue weighted by Crippen LogP contribution is 2.17. The van der Waals surface area contributed by atoms with Crippen LogP contribution in [-0.2, 0) is 0 Å². The zero-order valence-electron chi connectivity index (χ0n) is 11.6. The Morgan fingerprint density at radius 3 is 2.62 bits per heavy atom. The van der Waals surface area contributed by atoms with Gasteiger partial charge in [0.05, 0.1) is 10.6 Å². The van der Waals surface area contributed by atoms with Gasteiger partial charge in [-0.1, -0.05) is 29.8 Å². The maximum absolute atomic E-state index is 12.9. The molecule has 110 valence electrons. The molecule has 2 aromatic carbocycles. The molecule has 0 atom stereocenters. The lowest BCUT2D eigenvalue weighted by Crippen LogP contribution is -2.33. The maximum atomic E-state index is 12.9. The van der Waals surface area contributed by atoms with Crippen molar-refractivity contribution in [2.45, 2.75) is 0 Å². The molecule has 0 saturated heterocycles. The number of rotatable bonds is 5. The zero-order valence-corrected chi connectivity index (χ0v) is 12.4. The zero-order chi connectivity index (χ0) is 15.2. The van der Waals surface area contributed by atoms with Crippen molar-refractivity contribution in [1.29, 1.82) is 0 Å². The van der Waals surface area contributed by atoms with Crippen LogP contribution in [0.4, 0.5) is 10.1 Å². The van der Waals surface area contributed by atoms with E-state index in [1.165, 1.54) is 12.1 Å². The van der Waals surface area contributed by atoms with E-state index >= 15 is 0 Å². The summed E-state index contributed by atoms with van der Waals surface area (Å²) in [4.78, 5) is 14.0. The van der Waals surface area contributed by atoms with Crippen molar-refractivity contribution in [2.75, 3.05) is 25.0 Å². The predicted octanol–water partition coefficient (Wildman–Crippen LogP) is 3.35. The van der Waals surface area contributed by atoms with Crippen molar-refractivity contribution < 1.29 is 9.18 Å². The van der Waals surface area contributed by atoms with E-state index in [9.17, 15) is 9.18 Å². The van der Waals surface area contributed by atoms with Gasteiger partial charge in [0.2, 0.25) is 0 Å². The van der Waals surface area contributed by atoms with Gasteiger partial charge >= 0.3 is 0 Å². The largest absolute Gasteiger partial charge is 0.373 e. The van der Waals surface area contributed by atoms with Crippen LogP contribution in [0.25, 0.3) is 0 Å². The number of para-hydroxylation sites is 1. The number of anilines is 1. The minimum atomic E-state index is -0.458. The summed E-state index contributed by atoms with van der Waals surface area (Å²) in [7, 11) is 1.95. The second-order valence-electron chi connectivity index (χ2n) is 4.64. The van der Waals surface area contributed by atoms with Crippen LogP contribution in [0.1, 0.15) is 10.4 Å². The summed E-state index contributed by atoms with van der Waals surface area (Å²) >= 11 is 5.85. The van der Waals surface area contributed by atoms with Gasteiger partial charge in [-0.05, 0) is 30.3 Å². The third-order valence-electron chi connectivity index (χ3n) is 3.11. The maximum Gasteiger partial charge on any atom is 0.252 e. The molecule has 3 nitrogen and oxygen atoms in total. The van der Waals surface area contributed by atoms with Crippen LogP contribution >= 0.6 is 11.6 Å². The Morgan fingerprint density at radius 1 is 1.24 bits per heavy atom. The van der Waals surface area contributed by atoms with Crippen molar-refractivity contribution in [2.24, 2.45) is 0 Å². The number of hydrogen-bond donors (Lipinski definition) is 1. The minimum absolute atomic E-state index is 0.115. The fourth-order valence-electron chi connectivity index (χ4n) is 1.92. The number of benzene rings is 2. The summed E-state index contributed by atoms with van der Waals surface area (Å²) in [5.41, 5.74) is 1.35. The lowest BCUT2D eigenvalue weighted by atomic mass is 10.2. The molecule has 0 aliphatic carbocycles. The summed E-state index contributed by atoms with van der Waals surface area (Å²) in [5.74, 6) is -0.762. The first-order valence-corrected chi connectivity index (χ1v) is 6.95. The second-order valence-corrected chi connectivity index (χ2v) is 5.04. The van der Waals surface area contributed by atoms with Crippen LogP contribution in [0, 0.1) is 5.82 Å². The fraction of sp³-hybridized carbons (Fsp3) is 0.188. The van der Waals surface area contributed by atoms with Crippen LogP contribution in [0.5, 0.6) is 0 Å². The quantitative estimate of drug-likeness (QED) is 0.919. The smallest absolute Gasteiger partial charge is 0.252 e. The highest BCUT2D eigenvalue weighted by molar-refractivity contribution is 6.33. The van der Waals surface area contributed by atoms with Gasteiger partial charge in [-0.25, -0.2) is 4.39 Å². The van der Waals surface area contributed by atoms with Crippen LogP contribution < -0.4 is 10.2 Å². The average Bonchev–Trinajstić information content (AvgIpc) is 2.47.